The lowest BCUT2D eigenvalue weighted by atomic mass is 10.1. The lowest BCUT2D eigenvalue weighted by Gasteiger charge is -2.32. The summed E-state index contributed by atoms with van der Waals surface area (Å²) < 4.78 is 0. The van der Waals surface area contributed by atoms with E-state index >= 15 is 0 Å². The summed E-state index contributed by atoms with van der Waals surface area (Å²) in [5.74, 6) is 0.919. The van der Waals surface area contributed by atoms with Crippen molar-refractivity contribution in [3.05, 3.63) is 18.6 Å². The van der Waals surface area contributed by atoms with E-state index in [1.807, 2.05) is 13.8 Å². The Morgan fingerprint density at radius 3 is 2.59 bits per heavy atom. The van der Waals surface area contributed by atoms with Gasteiger partial charge in [0.1, 0.15) is 5.82 Å². The van der Waals surface area contributed by atoms with Gasteiger partial charge in [0, 0.05) is 31.5 Å². The normalized spacial score (nSPS) is 15.8. The maximum absolute atomic E-state index is 10.3. The highest BCUT2D eigenvalue weighted by atomic mass is 16.1. The van der Waals surface area contributed by atoms with E-state index in [1.165, 1.54) is 0 Å². The number of aromatic nitrogens is 2. The van der Waals surface area contributed by atoms with Crippen molar-refractivity contribution in [2.24, 2.45) is 0 Å². The standard InChI is InChI=1S/C10H14N4O.C2H6/c15-8-13-9-1-5-14(6-2-9)10-7-11-3-4-12-10;1-2/h3-4,7-9H,1-2,5-6H2,(H,13,15);1-2H3. The third-order valence-electron chi connectivity index (χ3n) is 2.67. The first kappa shape index (κ1) is 13.4. The van der Waals surface area contributed by atoms with Gasteiger partial charge >= 0.3 is 0 Å². The smallest absolute Gasteiger partial charge is 0.207 e. The first-order valence-electron chi connectivity index (χ1n) is 6.11. The van der Waals surface area contributed by atoms with Gasteiger partial charge in [-0.2, -0.15) is 0 Å². The average Bonchev–Trinajstić information content (AvgIpc) is 2.43. The molecule has 0 bridgehead atoms. The molecule has 0 aliphatic carbocycles. The summed E-state index contributed by atoms with van der Waals surface area (Å²) in [4.78, 5) is 20.8. The fourth-order valence-corrected chi connectivity index (χ4v) is 1.83. The molecule has 0 saturated carbocycles. The third kappa shape index (κ3) is 4.01. The van der Waals surface area contributed by atoms with Gasteiger partial charge in [-0.15, -0.1) is 0 Å². The summed E-state index contributed by atoms with van der Waals surface area (Å²) in [6, 6.07) is 0.315. The number of nitrogens with zero attached hydrogens (tertiary/aromatic N) is 3. The molecule has 2 heterocycles. The zero-order chi connectivity index (χ0) is 12.5. The first-order valence-corrected chi connectivity index (χ1v) is 6.11. The molecule has 1 N–H and O–H groups in total. The molecule has 1 amide bonds. The van der Waals surface area contributed by atoms with Gasteiger partial charge < -0.3 is 10.2 Å². The van der Waals surface area contributed by atoms with Gasteiger partial charge in [-0.25, -0.2) is 4.98 Å². The molecule has 0 radical (unpaired) electrons. The predicted molar refractivity (Wildman–Crippen MR) is 67.8 cm³/mol. The average molecular weight is 236 g/mol. The quantitative estimate of drug-likeness (QED) is 0.802. The Kier molecular flexibility index (Phi) is 5.99. The van der Waals surface area contributed by atoms with Gasteiger partial charge in [-0.05, 0) is 12.8 Å². The molecule has 1 aliphatic heterocycles. The molecule has 5 nitrogen and oxygen atoms in total. The second kappa shape index (κ2) is 7.60. The van der Waals surface area contributed by atoms with Crippen molar-refractivity contribution >= 4 is 12.2 Å². The number of hydrogen-bond acceptors (Lipinski definition) is 4. The van der Waals surface area contributed by atoms with Crippen molar-refractivity contribution in [2.75, 3.05) is 18.0 Å². The number of hydrogen-bond donors (Lipinski definition) is 1. The Balaban J connectivity index is 0.000000686. The summed E-state index contributed by atoms with van der Waals surface area (Å²) in [7, 11) is 0. The molecule has 17 heavy (non-hydrogen) atoms. The number of carbonyl (C=O) groups excluding carboxylic acids is 1. The molecule has 1 aromatic heterocycles. The van der Waals surface area contributed by atoms with Gasteiger partial charge in [0.15, 0.2) is 0 Å². The Labute approximate surface area is 102 Å². The third-order valence-corrected chi connectivity index (χ3v) is 2.67. The minimum absolute atomic E-state index is 0.315. The zero-order valence-electron chi connectivity index (χ0n) is 10.5. The second-order valence-corrected chi connectivity index (χ2v) is 3.61. The molecule has 0 atom stereocenters. The first-order chi connectivity index (χ1) is 8.40. The Morgan fingerprint density at radius 2 is 2.06 bits per heavy atom. The fraction of sp³-hybridized carbons (Fsp3) is 0.583. The highest BCUT2D eigenvalue weighted by Crippen LogP contribution is 2.15. The van der Waals surface area contributed by atoms with Crippen LogP contribution in [0.15, 0.2) is 18.6 Å². The maximum Gasteiger partial charge on any atom is 0.207 e. The van der Waals surface area contributed by atoms with E-state index < -0.39 is 0 Å². The monoisotopic (exact) mass is 236 g/mol. The molecule has 0 unspecified atom stereocenters. The largest absolute Gasteiger partial charge is 0.356 e. The van der Waals surface area contributed by atoms with Crippen LogP contribution in [0.1, 0.15) is 26.7 Å². The van der Waals surface area contributed by atoms with Crippen molar-refractivity contribution in [2.45, 2.75) is 32.7 Å². The van der Waals surface area contributed by atoms with Gasteiger partial charge in [0.25, 0.3) is 0 Å². The van der Waals surface area contributed by atoms with Crippen LogP contribution in [0.4, 0.5) is 5.82 Å². The zero-order valence-corrected chi connectivity index (χ0v) is 10.5. The van der Waals surface area contributed by atoms with Crippen LogP contribution in [-0.4, -0.2) is 35.5 Å². The molecule has 2 rings (SSSR count). The molecule has 0 spiro atoms. The van der Waals surface area contributed by atoms with Crippen LogP contribution in [0, 0.1) is 0 Å². The lowest BCUT2D eigenvalue weighted by Crippen LogP contribution is -2.42. The van der Waals surface area contributed by atoms with Crippen LogP contribution in [0.3, 0.4) is 0 Å². The Bertz CT molecular complexity index is 310. The van der Waals surface area contributed by atoms with Gasteiger partial charge in [0.05, 0.1) is 6.20 Å². The molecular weight excluding hydrogens is 216 g/mol. The van der Waals surface area contributed by atoms with Crippen LogP contribution < -0.4 is 10.2 Å². The Hall–Kier alpha value is -1.65. The summed E-state index contributed by atoms with van der Waals surface area (Å²) in [5, 5.41) is 2.81. The molecule has 1 aromatic rings. The molecule has 1 aliphatic rings. The van der Waals surface area contributed by atoms with Crippen LogP contribution in [0.25, 0.3) is 0 Å². The van der Waals surface area contributed by atoms with Crippen molar-refractivity contribution in [3.63, 3.8) is 0 Å². The number of rotatable bonds is 3. The van der Waals surface area contributed by atoms with E-state index in [0.717, 1.165) is 38.2 Å². The predicted octanol–water partition coefficient (Wildman–Crippen LogP) is 1.22. The summed E-state index contributed by atoms with van der Waals surface area (Å²) in [6.07, 6.45) is 7.86. The molecule has 94 valence electrons. The van der Waals surface area contributed by atoms with E-state index in [-0.39, 0.29) is 0 Å². The van der Waals surface area contributed by atoms with Gasteiger partial charge in [-0.1, -0.05) is 13.8 Å². The topological polar surface area (TPSA) is 58.1 Å². The van der Waals surface area contributed by atoms with Gasteiger partial charge in [-0.3, -0.25) is 9.78 Å². The minimum atomic E-state index is 0.315. The molecular formula is C12H20N4O. The minimum Gasteiger partial charge on any atom is -0.356 e. The van der Waals surface area contributed by atoms with E-state index in [0.29, 0.717) is 6.04 Å². The lowest BCUT2D eigenvalue weighted by molar-refractivity contribution is -0.110. The summed E-state index contributed by atoms with van der Waals surface area (Å²) >= 11 is 0. The molecule has 5 heteroatoms. The highest BCUT2D eigenvalue weighted by molar-refractivity contribution is 5.47. The Morgan fingerprint density at radius 1 is 1.35 bits per heavy atom. The number of carbonyl (C=O) groups is 1. The fourth-order valence-electron chi connectivity index (χ4n) is 1.83. The molecule has 1 saturated heterocycles. The number of anilines is 1. The van der Waals surface area contributed by atoms with E-state index in [4.69, 9.17) is 0 Å². The molecule has 0 aromatic carbocycles. The van der Waals surface area contributed by atoms with Crippen molar-refractivity contribution in [3.8, 4) is 0 Å². The number of nitrogens with one attached hydrogen (secondary N) is 1. The van der Waals surface area contributed by atoms with Crippen molar-refractivity contribution < 1.29 is 4.79 Å². The van der Waals surface area contributed by atoms with E-state index in [1.54, 1.807) is 18.6 Å². The summed E-state index contributed by atoms with van der Waals surface area (Å²) in [6.45, 7) is 5.84. The van der Waals surface area contributed by atoms with Crippen molar-refractivity contribution in [1.29, 1.82) is 0 Å². The number of amides is 1. The number of piperidine rings is 1. The molecule has 1 fully saturated rings. The van der Waals surface area contributed by atoms with E-state index in [2.05, 4.69) is 20.2 Å². The van der Waals surface area contributed by atoms with Crippen LogP contribution in [-0.2, 0) is 4.79 Å². The highest BCUT2D eigenvalue weighted by Gasteiger charge is 2.19. The van der Waals surface area contributed by atoms with Gasteiger partial charge in [0.2, 0.25) is 6.41 Å². The SMILES string of the molecule is CC.O=CNC1CCN(c2cnccn2)CC1. The van der Waals surface area contributed by atoms with Crippen LogP contribution >= 0.6 is 0 Å². The van der Waals surface area contributed by atoms with Crippen LogP contribution in [0.5, 0.6) is 0 Å². The summed E-state index contributed by atoms with van der Waals surface area (Å²) in [5.41, 5.74) is 0. The van der Waals surface area contributed by atoms with Crippen LogP contribution in [0.2, 0.25) is 0 Å². The van der Waals surface area contributed by atoms with Crippen molar-refractivity contribution in [1.82, 2.24) is 15.3 Å². The van der Waals surface area contributed by atoms with E-state index in [9.17, 15) is 4.79 Å². The maximum atomic E-state index is 10.3. The second-order valence-electron chi connectivity index (χ2n) is 3.61.